The van der Waals surface area contributed by atoms with Gasteiger partial charge in [-0.1, -0.05) is 159 Å². The summed E-state index contributed by atoms with van der Waals surface area (Å²) in [6, 6.07) is 62.3. The van der Waals surface area contributed by atoms with E-state index >= 15 is 0 Å². The molecule has 2 aliphatic carbocycles. The monoisotopic (exact) mass is 601 g/mol. The predicted molar refractivity (Wildman–Crippen MR) is 196 cm³/mol. The number of fused-ring (bicyclic) bond motifs is 6. The highest BCUT2D eigenvalue weighted by Gasteiger charge is 2.46. The van der Waals surface area contributed by atoms with Gasteiger partial charge in [-0.05, 0) is 91.0 Å². The molecule has 0 aromatic heterocycles. The molecule has 1 heteroatoms. The summed E-state index contributed by atoms with van der Waals surface area (Å²) in [4.78, 5) is 0. The van der Waals surface area contributed by atoms with Crippen molar-refractivity contribution in [1.29, 1.82) is 0 Å². The summed E-state index contributed by atoms with van der Waals surface area (Å²) < 4.78 is 0. The van der Waals surface area contributed by atoms with Crippen LogP contribution in [0.3, 0.4) is 0 Å². The third kappa shape index (κ3) is 4.03. The van der Waals surface area contributed by atoms with Gasteiger partial charge in [0.1, 0.15) is 0 Å². The maximum Gasteiger partial charge on any atom is 0.0714 e. The lowest BCUT2D eigenvalue weighted by Gasteiger charge is -2.34. The SMILES string of the molecule is CC1(C)c2ccccc2-c2c(-c3ccc(Nc4cccc(C5(c6ccccc6)c6ccccc6-c6ccccc65)c4)cc3)cccc21. The summed E-state index contributed by atoms with van der Waals surface area (Å²) in [6.07, 6.45) is 0. The molecule has 0 saturated carbocycles. The molecule has 0 aliphatic heterocycles. The van der Waals surface area contributed by atoms with Gasteiger partial charge in [0.2, 0.25) is 0 Å². The van der Waals surface area contributed by atoms with Crippen LogP contribution in [0.25, 0.3) is 33.4 Å². The third-order valence-corrected chi connectivity index (χ3v) is 10.5. The van der Waals surface area contributed by atoms with Gasteiger partial charge >= 0.3 is 0 Å². The van der Waals surface area contributed by atoms with Gasteiger partial charge in [-0.3, -0.25) is 0 Å². The second-order valence-corrected chi connectivity index (χ2v) is 13.4. The molecule has 9 rings (SSSR count). The Kier molecular flexibility index (Phi) is 6.14. The summed E-state index contributed by atoms with van der Waals surface area (Å²) in [7, 11) is 0. The molecule has 0 spiro atoms. The zero-order valence-corrected chi connectivity index (χ0v) is 26.7. The molecule has 0 atom stereocenters. The van der Waals surface area contributed by atoms with Crippen LogP contribution in [0, 0.1) is 0 Å². The Hall–Kier alpha value is -5.66. The van der Waals surface area contributed by atoms with Crippen LogP contribution in [-0.4, -0.2) is 0 Å². The molecule has 7 aromatic carbocycles. The zero-order valence-electron chi connectivity index (χ0n) is 26.7. The number of hydrogen-bond acceptors (Lipinski definition) is 1. The first-order chi connectivity index (χ1) is 23.1. The summed E-state index contributed by atoms with van der Waals surface area (Å²) in [5.41, 5.74) is 17.6. The maximum absolute atomic E-state index is 3.74. The fourth-order valence-electron chi connectivity index (χ4n) is 8.44. The van der Waals surface area contributed by atoms with Crippen LogP contribution < -0.4 is 5.32 Å². The van der Waals surface area contributed by atoms with Gasteiger partial charge in [0.15, 0.2) is 0 Å². The Morgan fingerprint density at radius 1 is 0.383 bits per heavy atom. The molecule has 2 aliphatic rings. The summed E-state index contributed by atoms with van der Waals surface area (Å²) >= 11 is 0. The van der Waals surface area contributed by atoms with E-state index in [2.05, 4.69) is 189 Å². The van der Waals surface area contributed by atoms with Crippen molar-refractivity contribution in [3.05, 3.63) is 203 Å². The Morgan fingerprint density at radius 3 is 1.62 bits per heavy atom. The number of anilines is 2. The van der Waals surface area contributed by atoms with Crippen molar-refractivity contribution in [3.63, 3.8) is 0 Å². The minimum absolute atomic E-state index is 0.00803. The predicted octanol–water partition coefficient (Wildman–Crippen LogP) is 11.8. The van der Waals surface area contributed by atoms with Gasteiger partial charge in [-0.15, -0.1) is 0 Å². The molecule has 0 radical (unpaired) electrons. The van der Waals surface area contributed by atoms with E-state index in [0.29, 0.717) is 0 Å². The van der Waals surface area contributed by atoms with Crippen LogP contribution in [0.1, 0.15) is 47.2 Å². The Balaban J connectivity index is 1.11. The molecule has 0 unspecified atom stereocenters. The normalized spacial score (nSPS) is 14.5. The Labute approximate surface area is 277 Å². The first-order valence-corrected chi connectivity index (χ1v) is 16.5. The summed E-state index contributed by atoms with van der Waals surface area (Å²) in [6.45, 7) is 4.68. The van der Waals surface area contributed by atoms with E-state index in [9.17, 15) is 0 Å². The van der Waals surface area contributed by atoms with Gasteiger partial charge in [-0.25, -0.2) is 0 Å². The fourth-order valence-corrected chi connectivity index (χ4v) is 8.44. The van der Waals surface area contributed by atoms with Crippen molar-refractivity contribution < 1.29 is 0 Å². The largest absolute Gasteiger partial charge is 0.356 e. The molecular weight excluding hydrogens is 567 g/mol. The van der Waals surface area contributed by atoms with Crippen LogP contribution in [0.2, 0.25) is 0 Å². The molecule has 47 heavy (non-hydrogen) atoms. The second kappa shape index (κ2) is 10.4. The maximum atomic E-state index is 3.74. The van der Waals surface area contributed by atoms with Crippen LogP contribution in [0.4, 0.5) is 11.4 Å². The van der Waals surface area contributed by atoms with Crippen LogP contribution in [0.15, 0.2) is 170 Å². The molecule has 0 amide bonds. The van der Waals surface area contributed by atoms with Gasteiger partial charge < -0.3 is 5.32 Å². The lowest BCUT2D eigenvalue weighted by molar-refractivity contribution is 0.660. The van der Waals surface area contributed by atoms with E-state index in [1.807, 2.05) is 0 Å². The van der Waals surface area contributed by atoms with Crippen molar-refractivity contribution in [2.45, 2.75) is 24.7 Å². The van der Waals surface area contributed by atoms with E-state index in [1.54, 1.807) is 0 Å². The molecule has 0 heterocycles. The molecule has 0 fully saturated rings. The number of hydrogen-bond donors (Lipinski definition) is 1. The molecule has 224 valence electrons. The number of benzene rings is 7. The average molecular weight is 602 g/mol. The smallest absolute Gasteiger partial charge is 0.0714 e. The zero-order chi connectivity index (χ0) is 31.6. The average Bonchev–Trinajstić information content (AvgIpc) is 3.56. The molecule has 1 N–H and O–H groups in total. The fraction of sp³-hybridized carbons (Fsp3) is 0.0870. The van der Waals surface area contributed by atoms with Crippen molar-refractivity contribution >= 4 is 11.4 Å². The molecule has 0 saturated heterocycles. The van der Waals surface area contributed by atoms with E-state index in [-0.39, 0.29) is 5.41 Å². The third-order valence-electron chi connectivity index (χ3n) is 10.5. The van der Waals surface area contributed by atoms with Crippen molar-refractivity contribution in [2.24, 2.45) is 0 Å². The van der Waals surface area contributed by atoms with Crippen LogP contribution in [0.5, 0.6) is 0 Å². The quantitative estimate of drug-likeness (QED) is 0.207. The lowest BCUT2D eigenvalue weighted by Crippen LogP contribution is -2.28. The summed E-state index contributed by atoms with van der Waals surface area (Å²) in [5.74, 6) is 0. The minimum atomic E-state index is -0.409. The van der Waals surface area contributed by atoms with Gasteiger partial charge in [-0.2, -0.15) is 0 Å². The highest BCUT2D eigenvalue weighted by atomic mass is 14.9. The first kappa shape index (κ1) is 27.6. The molecule has 0 bridgehead atoms. The van der Waals surface area contributed by atoms with E-state index in [4.69, 9.17) is 0 Å². The van der Waals surface area contributed by atoms with Crippen molar-refractivity contribution in [3.8, 4) is 33.4 Å². The molecule has 1 nitrogen and oxygen atoms in total. The Bertz CT molecular complexity index is 2250. The van der Waals surface area contributed by atoms with Gasteiger partial charge in [0.05, 0.1) is 5.41 Å². The van der Waals surface area contributed by atoms with Crippen molar-refractivity contribution in [2.75, 3.05) is 5.32 Å². The van der Waals surface area contributed by atoms with Gasteiger partial charge in [0, 0.05) is 16.8 Å². The lowest BCUT2D eigenvalue weighted by atomic mass is 9.67. The Morgan fingerprint density at radius 2 is 0.915 bits per heavy atom. The van der Waals surface area contributed by atoms with Crippen LogP contribution in [-0.2, 0) is 10.8 Å². The van der Waals surface area contributed by atoms with Crippen molar-refractivity contribution in [1.82, 2.24) is 0 Å². The standard InChI is InChI=1S/C46H35N/c1-45(2)40-22-9-8-20-39(40)44-36(21-13-25-43(44)45)31-26-28-34(29-27-31)47-35-17-12-16-33(30-35)46(32-14-4-3-5-15-32)41-23-10-6-18-37(41)38-19-7-11-24-42(38)46/h3-30,47H,1-2H3. The highest BCUT2D eigenvalue weighted by Crippen LogP contribution is 2.56. The second-order valence-electron chi connectivity index (χ2n) is 13.4. The first-order valence-electron chi connectivity index (χ1n) is 16.5. The van der Waals surface area contributed by atoms with E-state index in [0.717, 1.165) is 11.4 Å². The molecular formula is C46H35N. The summed E-state index contributed by atoms with van der Waals surface area (Å²) in [5, 5.41) is 3.74. The van der Waals surface area contributed by atoms with E-state index in [1.165, 1.54) is 66.8 Å². The van der Waals surface area contributed by atoms with Gasteiger partial charge in [0.25, 0.3) is 0 Å². The topological polar surface area (TPSA) is 12.0 Å². The number of nitrogens with one attached hydrogen (secondary N) is 1. The molecule has 7 aromatic rings. The highest BCUT2D eigenvalue weighted by molar-refractivity contribution is 5.93. The van der Waals surface area contributed by atoms with Crippen LogP contribution >= 0.6 is 0 Å². The number of rotatable bonds is 5. The minimum Gasteiger partial charge on any atom is -0.356 e. The van der Waals surface area contributed by atoms with E-state index < -0.39 is 5.41 Å².